The molecule has 0 aliphatic heterocycles. The van der Waals surface area contributed by atoms with Crippen LogP contribution in [0.5, 0.6) is 0 Å². The Morgan fingerprint density at radius 2 is 2.08 bits per heavy atom. The monoisotopic (exact) mass is 478 g/mol. The molecule has 0 saturated heterocycles. The molecule has 150 valence electrons. The second-order valence-electron chi connectivity index (χ2n) is 7.12. The number of ether oxygens (including phenoxy) is 1. The zero-order chi connectivity index (χ0) is 18.1. The van der Waals surface area contributed by atoms with Gasteiger partial charge in [0.2, 0.25) is 0 Å². The maximum atomic E-state index is 5.27. The summed E-state index contributed by atoms with van der Waals surface area (Å²) in [7, 11) is 1.78. The van der Waals surface area contributed by atoms with Gasteiger partial charge in [-0.3, -0.25) is 4.99 Å². The van der Waals surface area contributed by atoms with E-state index in [-0.39, 0.29) is 24.0 Å². The van der Waals surface area contributed by atoms with Gasteiger partial charge in [-0.05, 0) is 58.3 Å². The molecule has 2 rings (SSSR count). The topological polar surface area (TPSA) is 71.7 Å². The first-order chi connectivity index (χ1) is 12.1. The predicted octanol–water partition coefficient (Wildman–Crippen LogP) is 3.60. The number of hydrogen-bond acceptors (Lipinski definition) is 4. The fraction of sp³-hybridized carbons (Fsp3) is 0.789. The minimum absolute atomic E-state index is 0. The van der Waals surface area contributed by atoms with E-state index < -0.39 is 0 Å². The highest BCUT2D eigenvalue weighted by Crippen LogP contribution is 2.44. The molecule has 0 atom stereocenters. The van der Waals surface area contributed by atoms with Crippen molar-refractivity contribution < 1.29 is 9.26 Å². The minimum Gasteiger partial charge on any atom is -0.385 e. The molecule has 2 N–H and O–H groups in total. The van der Waals surface area contributed by atoms with Gasteiger partial charge in [-0.15, -0.1) is 24.0 Å². The molecule has 1 fully saturated rings. The highest BCUT2D eigenvalue weighted by molar-refractivity contribution is 14.0. The van der Waals surface area contributed by atoms with Crippen LogP contribution < -0.4 is 10.6 Å². The average Bonchev–Trinajstić information content (AvgIpc) is 2.88. The van der Waals surface area contributed by atoms with Crippen LogP contribution in [-0.4, -0.2) is 44.5 Å². The molecule has 1 heterocycles. The molecule has 1 aliphatic rings. The molecule has 1 aromatic heterocycles. The van der Waals surface area contributed by atoms with Crippen molar-refractivity contribution in [1.29, 1.82) is 0 Å². The van der Waals surface area contributed by atoms with Crippen LogP contribution in [0.3, 0.4) is 0 Å². The van der Waals surface area contributed by atoms with Gasteiger partial charge >= 0.3 is 0 Å². The highest BCUT2D eigenvalue weighted by atomic mass is 127. The number of hydrogen-bond donors (Lipinski definition) is 2. The Labute approximate surface area is 174 Å². The fourth-order valence-electron chi connectivity index (χ4n) is 3.40. The van der Waals surface area contributed by atoms with Gasteiger partial charge in [0.15, 0.2) is 5.96 Å². The summed E-state index contributed by atoms with van der Waals surface area (Å²) >= 11 is 0. The summed E-state index contributed by atoms with van der Waals surface area (Å²) in [6.07, 6.45) is 6.98. The number of aromatic nitrogens is 1. The lowest BCUT2D eigenvalue weighted by atomic mass is 9.67. The van der Waals surface area contributed by atoms with Gasteiger partial charge in [0.1, 0.15) is 5.76 Å². The largest absolute Gasteiger partial charge is 0.385 e. The second kappa shape index (κ2) is 11.8. The molecule has 7 heteroatoms. The van der Waals surface area contributed by atoms with Crippen LogP contribution in [0, 0.1) is 19.3 Å². The molecule has 0 amide bonds. The van der Waals surface area contributed by atoms with Crippen LogP contribution in [0.25, 0.3) is 0 Å². The minimum atomic E-state index is 0. The van der Waals surface area contributed by atoms with E-state index in [4.69, 9.17) is 14.3 Å². The van der Waals surface area contributed by atoms with E-state index in [2.05, 4.69) is 22.7 Å². The van der Waals surface area contributed by atoms with Crippen molar-refractivity contribution in [3.63, 3.8) is 0 Å². The summed E-state index contributed by atoms with van der Waals surface area (Å²) in [5.41, 5.74) is 2.59. The quantitative estimate of drug-likeness (QED) is 0.233. The molecular formula is C19H35IN4O2. The van der Waals surface area contributed by atoms with Gasteiger partial charge in [-0.2, -0.15) is 0 Å². The second-order valence-corrected chi connectivity index (χ2v) is 7.12. The van der Waals surface area contributed by atoms with Crippen molar-refractivity contribution in [2.24, 2.45) is 10.4 Å². The Kier molecular flexibility index (Phi) is 10.5. The highest BCUT2D eigenvalue weighted by Gasteiger charge is 2.36. The maximum Gasteiger partial charge on any atom is 0.191 e. The van der Waals surface area contributed by atoms with E-state index in [0.29, 0.717) is 5.41 Å². The van der Waals surface area contributed by atoms with Crippen LogP contribution in [-0.2, 0) is 11.2 Å². The maximum absolute atomic E-state index is 5.27. The van der Waals surface area contributed by atoms with Gasteiger partial charge in [-0.25, -0.2) is 0 Å². The van der Waals surface area contributed by atoms with E-state index >= 15 is 0 Å². The van der Waals surface area contributed by atoms with Crippen LogP contribution >= 0.6 is 24.0 Å². The first-order valence-electron chi connectivity index (χ1n) is 9.53. The Hall–Kier alpha value is -0.830. The standard InChI is InChI=1S/C19H34N4O2.HI/c1-5-20-18(22-14-19(9-7-10-19)11-13-24-4)21-12-6-8-17-15(2)23-25-16(17)3;/h5-14H2,1-4H3,(H2,20,21,22);1H. The Balaban J connectivity index is 0.00000338. The summed E-state index contributed by atoms with van der Waals surface area (Å²) in [6, 6.07) is 0. The van der Waals surface area contributed by atoms with Crippen molar-refractivity contribution in [2.75, 3.05) is 33.4 Å². The number of nitrogens with one attached hydrogen (secondary N) is 2. The number of methoxy groups -OCH3 is 1. The first kappa shape index (κ1) is 23.2. The SMILES string of the molecule is CCNC(=NCC1(CCOC)CCC1)NCCCc1c(C)noc1C.I. The zero-order valence-electron chi connectivity index (χ0n) is 16.7. The van der Waals surface area contributed by atoms with Gasteiger partial charge in [0.05, 0.1) is 5.69 Å². The first-order valence-corrected chi connectivity index (χ1v) is 9.53. The van der Waals surface area contributed by atoms with E-state index in [0.717, 1.165) is 62.9 Å². The lowest BCUT2D eigenvalue weighted by Gasteiger charge is -2.40. The molecular weight excluding hydrogens is 443 g/mol. The Bertz CT molecular complexity index is 536. The smallest absolute Gasteiger partial charge is 0.191 e. The fourth-order valence-corrected chi connectivity index (χ4v) is 3.40. The number of rotatable bonds is 10. The molecule has 1 aromatic rings. The van der Waals surface area contributed by atoms with E-state index in [1.54, 1.807) is 7.11 Å². The van der Waals surface area contributed by atoms with Gasteiger partial charge in [-0.1, -0.05) is 11.6 Å². The lowest BCUT2D eigenvalue weighted by Crippen LogP contribution is -2.40. The van der Waals surface area contributed by atoms with Gasteiger partial charge < -0.3 is 19.9 Å². The molecule has 26 heavy (non-hydrogen) atoms. The normalized spacial score (nSPS) is 15.9. The third-order valence-electron chi connectivity index (χ3n) is 5.24. The van der Waals surface area contributed by atoms with Crippen LogP contribution in [0.1, 0.15) is 56.0 Å². The number of aliphatic imine (C=N–C) groups is 1. The molecule has 1 saturated carbocycles. The molecule has 0 radical (unpaired) electrons. The van der Waals surface area contributed by atoms with Crippen molar-refractivity contribution in [3.05, 3.63) is 17.0 Å². The predicted molar refractivity (Wildman–Crippen MR) is 116 cm³/mol. The Morgan fingerprint density at radius 3 is 2.62 bits per heavy atom. The van der Waals surface area contributed by atoms with Crippen molar-refractivity contribution in [2.45, 2.75) is 59.3 Å². The molecule has 0 unspecified atom stereocenters. The summed E-state index contributed by atoms with van der Waals surface area (Å²) in [5.74, 6) is 1.85. The lowest BCUT2D eigenvalue weighted by molar-refractivity contribution is 0.0778. The van der Waals surface area contributed by atoms with E-state index in [1.165, 1.54) is 24.8 Å². The molecule has 6 nitrogen and oxygen atoms in total. The van der Waals surface area contributed by atoms with Crippen LogP contribution in [0.4, 0.5) is 0 Å². The number of aryl methyl sites for hydroxylation is 2. The molecule has 1 aliphatic carbocycles. The van der Waals surface area contributed by atoms with Crippen LogP contribution in [0.15, 0.2) is 9.52 Å². The molecule has 0 bridgehead atoms. The van der Waals surface area contributed by atoms with Crippen molar-refractivity contribution >= 4 is 29.9 Å². The number of nitrogens with zero attached hydrogens (tertiary/aromatic N) is 2. The van der Waals surface area contributed by atoms with E-state index in [1.807, 2.05) is 13.8 Å². The summed E-state index contributed by atoms with van der Waals surface area (Å²) < 4.78 is 10.5. The van der Waals surface area contributed by atoms with Gasteiger partial charge in [0, 0.05) is 38.9 Å². The Morgan fingerprint density at radius 1 is 1.31 bits per heavy atom. The third-order valence-corrected chi connectivity index (χ3v) is 5.24. The zero-order valence-corrected chi connectivity index (χ0v) is 19.0. The number of guanidine groups is 1. The third kappa shape index (κ3) is 6.72. The molecule has 0 spiro atoms. The van der Waals surface area contributed by atoms with E-state index in [9.17, 15) is 0 Å². The summed E-state index contributed by atoms with van der Waals surface area (Å²) in [5, 5.41) is 10.8. The van der Waals surface area contributed by atoms with Crippen molar-refractivity contribution in [3.8, 4) is 0 Å². The van der Waals surface area contributed by atoms with Crippen LogP contribution in [0.2, 0.25) is 0 Å². The number of halogens is 1. The summed E-state index contributed by atoms with van der Waals surface area (Å²) in [4.78, 5) is 4.84. The average molecular weight is 478 g/mol. The molecule has 0 aromatic carbocycles. The van der Waals surface area contributed by atoms with Gasteiger partial charge in [0.25, 0.3) is 0 Å². The van der Waals surface area contributed by atoms with Crippen molar-refractivity contribution in [1.82, 2.24) is 15.8 Å². The summed E-state index contributed by atoms with van der Waals surface area (Å²) in [6.45, 7) is 9.56.